The third-order valence-electron chi connectivity index (χ3n) is 4.41. The Morgan fingerprint density at radius 1 is 1.37 bits per heavy atom. The highest BCUT2D eigenvalue weighted by Gasteiger charge is 2.25. The van der Waals surface area contributed by atoms with E-state index < -0.39 is 0 Å². The zero-order chi connectivity index (χ0) is 19.1. The summed E-state index contributed by atoms with van der Waals surface area (Å²) in [6.45, 7) is 8.74. The topological polar surface area (TPSA) is 75.8 Å². The number of likely N-dealkylation sites (tertiary alicyclic amines) is 1. The minimum Gasteiger partial charge on any atom is -0.381 e. The lowest BCUT2D eigenvalue weighted by Gasteiger charge is -2.21. The highest BCUT2D eigenvalue weighted by atomic mass is 35.5. The molecule has 1 N–H and O–H groups in total. The predicted octanol–water partition coefficient (Wildman–Crippen LogP) is 3.21. The summed E-state index contributed by atoms with van der Waals surface area (Å²) in [6.07, 6.45) is 1.12. The van der Waals surface area contributed by atoms with Crippen LogP contribution in [-0.4, -0.2) is 53.8 Å². The van der Waals surface area contributed by atoms with Gasteiger partial charge in [0.05, 0.1) is 6.61 Å². The molecule has 1 fully saturated rings. The highest BCUT2D eigenvalue weighted by Crippen LogP contribution is 2.19. The Kier molecular flexibility index (Phi) is 7.06. The van der Waals surface area contributed by atoms with Crippen LogP contribution in [-0.2, 0) is 11.3 Å². The van der Waals surface area contributed by atoms with Crippen LogP contribution < -0.4 is 5.32 Å². The van der Waals surface area contributed by atoms with Crippen LogP contribution in [0.25, 0.3) is 11.4 Å². The number of ether oxygens (including phenoxy) is 1. The van der Waals surface area contributed by atoms with Gasteiger partial charge in [-0.2, -0.15) is 4.98 Å². The van der Waals surface area contributed by atoms with Gasteiger partial charge >= 0.3 is 0 Å². The largest absolute Gasteiger partial charge is 0.381 e. The van der Waals surface area contributed by atoms with Gasteiger partial charge in [-0.3, -0.25) is 0 Å². The van der Waals surface area contributed by atoms with Gasteiger partial charge in [0, 0.05) is 42.7 Å². The van der Waals surface area contributed by atoms with E-state index in [0.29, 0.717) is 29.2 Å². The smallest absolute Gasteiger partial charge is 0.248 e. The second-order valence-electron chi connectivity index (χ2n) is 6.45. The van der Waals surface area contributed by atoms with Crippen molar-refractivity contribution in [1.29, 1.82) is 0 Å². The highest BCUT2D eigenvalue weighted by molar-refractivity contribution is 6.30. The molecule has 1 aromatic carbocycles. The zero-order valence-corrected chi connectivity index (χ0v) is 16.6. The Hall–Kier alpha value is -2.12. The number of hydrogen-bond donors (Lipinski definition) is 1. The van der Waals surface area contributed by atoms with Crippen LogP contribution in [0.4, 0.5) is 0 Å². The van der Waals surface area contributed by atoms with E-state index in [-0.39, 0.29) is 0 Å². The normalized spacial score (nSPS) is 17.5. The fourth-order valence-electron chi connectivity index (χ4n) is 3.05. The quantitative estimate of drug-likeness (QED) is 0.577. The number of benzene rings is 1. The first-order chi connectivity index (χ1) is 13.2. The lowest BCUT2D eigenvalue weighted by atomic mass is 10.1. The second-order valence-corrected chi connectivity index (χ2v) is 6.89. The minimum atomic E-state index is 0.343. The molecule has 7 nitrogen and oxygen atoms in total. The molecule has 2 heterocycles. The molecular weight excluding hydrogens is 366 g/mol. The lowest BCUT2D eigenvalue weighted by molar-refractivity contribution is 0.114. The zero-order valence-electron chi connectivity index (χ0n) is 15.8. The number of aromatic nitrogens is 2. The van der Waals surface area contributed by atoms with Crippen molar-refractivity contribution < 1.29 is 9.26 Å². The summed E-state index contributed by atoms with van der Waals surface area (Å²) in [5.41, 5.74) is 0.864. The Morgan fingerprint density at radius 3 is 2.93 bits per heavy atom. The van der Waals surface area contributed by atoms with Crippen molar-refractivity contribution in [3.8, 4) is 11.4 Å². The van der Waals surface area contributed by atoms with E-state index in [1.807, 2.05) is 19.1 Å². The molecule has 0 radical (unpaired) electrons. The SMILES string of the molecule is CCNC(=NCc1nc(-c2ccc(Cl)cc2)no1)N1CCC(COCC)C1. The van der Waals surface area contributed by atoms with Gasteiger partial charge in [0.1, 0.15) is 6.54 Å². The van der Waals surface area contributed by atoms with Crippen LogP contribution in [0.3, 0.4) is 0 Å². The molecule has 27 heavy (non-hydrogen) atoms. The van der Waals surface area contributed by atoms with E-state index in [9.17, 15) is 0 Å². The summed E-state index contributed by atoms with van der Waals surface area (Å²) >= 11 is 5.92. The predicted molar refractivity (Wildman–Crippen MR) is 106 cm³/mol. The molecule has 0 spiro atoms. The van der Waals surface area contributed by atoms with Crippen molar-refractivity contribution in [2.24, 2.45) is 10.9 Å². The van der Waals surface area contributed by atoms with Crippen LogP contribution >= 0.6 is 11.6 Å². The van der Waals surface area contributed by atoms with Gasteiger partial charge in [0.2, 0.25) is 11.7 Å². The van der Waals surface area contributed by atoms with E-state index in [1.165, 1.54) is 0 Å². The Bertz CT molecular complexity index is 747. The minimum absolute atomic E-state index is 0.343. The number of guanidine groups is 1. The molecule has 1 aromatic heterocycles. The molecule has 1 aliphatic rings. The second kappa shape index (κ2) is 9.71. The summed E-state index contributed by atoms with van der Waals surface area (Å²) < 4.78 is 10.9. The molecule has 146 valence electrons. The summed E-state index contributed by atoms with van der Waals surface area (Å²) in [4.78, 5) is 11.4. The van der Waals surface area contributed by atoms with Crippen LogP contribution in [0.1, 0.15) is 26.2 Å². The third kappa shape index (κ3) is 5.43. The number of aliphatic imine (C=N–C) groups is 1. The standard InChI is InChI=1S/C19H26ClN5O2/c1-3-21-19(25-10-9-14(12-25)13-26-4-2)22-11-17-23-18(24-27-17)15-5-7-16(20)8-6-15/h5-8,14H,3-4,9-13H2,1-2H3,(H,21,22). The fourth-order valence-corrected chi connectivity index (χ4v) is 3.18. The van der Waals surface area contributed by atoms with Gasteiger partial charge < -0.3 is 19.5 Å². The molecule has 3 rings (SSSR count). The van der Waals surface area contributed by atoms with Crippen molar-refractivity contribution in [3.63, 3.8) is 0 Å². The van der Waals surface area contributed by atoms with E-state index >= 15 is 0 Å². The molecule has 1 unspecified atom stereocenters. The summed E-state index contributed by atoms with van der Waals surface area (Å²) in [5.74, 6) is 2.46. The van der Waals surface area contributed by atoms with Crippen molar-refractivity contribution in [1.82, 2.24) is 20.4 Å². The van der Waals surface area contributed by atoms with Crippen molar-refractivity contribution in [2.45, 2.75) is 26.8 Å². The summed E-state index contributed by atoms with van der Waals surface area (Å²) in [5, 5.41) is 8.06. The van der Waals surface area contributed by atoms with E-state index in [2.05, 4.69) is 32.3 Å². The first-order valence-electron chi connectivity index (χ1n) is 9.39. The number of hydrogen-bond acceptors (Lipinski definition) is 5. The van der Waals surface area contributed by atoms with Crippen molar-refractivity contribution in [2.75, 3.05) is 32.8 Å². The van der Waals surface area contributed by atoms with E-state index in [4.69, 9.17) is 20.9 Å². The molecule has 0 aliphatic carbocycles. The van der Waals surface area contributed by atoms with Gasteiger partial charge in [-0.25, -0.2) is 4.99 Å². The summed E-state index contributed by atoms with van der Waals surface area (Å²) in [6, 6.07) is 7.35. The van der Waals surface area contributed by atoms with Crippen molar-refractivity contribution in [3.05, 3.63) is 35.2 Å². The Balaban J connectivity index is 1.63. The molecule has 8 heteroatoms. The summed E-state index contributed by atoms with van der Waals surface area (Å²) in [7, 11) is 0. The number of nitrogens with zero attached hydrogens (tertiary/aromatic N) is 4. The maximum Gasteiger partial charge on any atom is 0.248 e. The monoisotopic (exact) mass is 391 g/mol. The average molecular weight is 392 g/mol. The molecule has 1 saturated heterocycles. The van der Waals surface area contributed by atoms with Gasteiger partial charge in [-0.05, 0) is 44.5 Å². The molecule has 1 aliphatic heterocycles. The van der Waals surface area contributed by atoms with Gasteiger partial charge in [-0.15, -0.1) is 0 Å². The van der Waals surface area contributed by atoms with Gasteiger partial charge in [-0.1, -0.05) is 16.8 Å². The van der Waals surface area contributed by atoms with E-state index in [0.717, 1.165) is 50.8 Å². The lowest BCUT2D eigenvalue weighted by Crippen LogP contribution is -2.40. The van der Waals surface area contributed by atoms with Crippen LogP contribution in [0.2, 0.25) is 5.02 Å². The van der Waals surface area contributed by atoms with E-state index in [1.54, 1.807) is 12.1 Å². The molecular formula is C19H26ClN5O2. The molecule has 0 amide bonds. The maximum absolute atomic E-state index is 5.92. The fraction of sp³-hybridized carbons (Fsp3) is 0.526. The number of halogens is 1. The maximum atomic E-state index is 5.92. The third-order valence-corrected chi connectivity index (χ3v) is 4.66. The van der Waals surface area contributed by atoms with Gasteiger partial charge in [0.15, 0.2) is 5.96 Å². The first-order valence-corrected chi connectivity index (χ1v) is 9.77. The molecule has 2 aromatic rings. The first kappa shape index (κ1) is 19.6. The molecule has 0 bridgehead atoms. The molecule has 0 saturated carbocycles. The number of rotatable bonds is 7. The van der Waals surface area contributed by atoms with Crippen LogP contribution in [0.15, 0.2) is 33.8 Å². The van der Waals surface area contributed by atoms with Crippen molar-refractivity contribution >= 4 is 17.6 Å². The van der Waals surface area contributed by atoms with Crippen LogP contribution in [0.5, 0.6) is 0 Å². The Morgan fingerprint density at radius 2 is 2.19 bits per heavy atom. The average Bonchev–Trinajstić information content (AvgIpc) is 3.34. The number of nitrogens with one attached hydrogen (secondary N) is 1. The Labute approximate surface area is 164 Å². The van der Waals surface area contributed by atoms with Gasteiger partial charge in [0.25, 0.3) is 0 Å². The van der Waals surface area contributed by atoms with Crippen LogP contribution in [0, 0.1) is 5.92 Å². The molecule has 1 atom stereocenters.